The van der Waals surface area contributed by atoms with Gasteiger partial charge >= 0.3 is 0 Å². The van der Waals surface area contributed by atoms with Crippen LogP contribution in [-0.2, 0) is 13.1 Å². The number of halogens is 2. The van der Waals surface area contributed by atoms with Crippen molar-refractivity contribution < 1.29 is 9.13 Å². The summed E-state index contributed by atoms with van der Waals surface area (Å²) in [7, 11) is 1.58. The summed E-state index contributed by atoms with van der Waals surface area (Å²) >= 11 is 3.33. The zero-order valence-electron chi connectivity index (χ0n) is 10.5. The van der Waals surface area contributed by atoms with E-state index in [4.69, 9.17) is 4.74 Å². The molecule has 0 aliphatic carbocycles. The van der Waals surface area contributed by atoms with E-state index < -0.39 is 0 Å². The molecule has 1 heterocycles. The van der Waals surface area contributed by atoms with Crippen molar-refractivity contribution >= 4 is 15.9 Å². The second-order valence-electron chi connectivity index (χ2n) is 4.05. The predicted molar refractivity (Wildman–Crippen MR) is 75.4 cm³/mol. The Morgan fingerprint density at radius 3 is 2.79 bits per heavy atom. The first-order chi connectivity index (χ1) is 9.19. The van der Waals surface area contributed by atoms with Crippen LogP contribution >= 0.6 is 15.9 Å². The molecular formula is C14H14BrFN2O. The minimum absolute atomic E-state index is 0.205. The molecule has 1 N–H and O–H groups in total. The molecule has 2 rings (SSSR count). The molecule has 0 aliphatic heterocycles. The maximum absolute atomic E-state index is 13.5. The fraction of sp³-hybridized carbons (Fsp3) is 0.214. The number of hydrogen-bond acceptors (Lipinski definition) is 3. The molecule has 0 radical (unpaired) electrons. The van der Waals surface area contributed by atoms with Gasteiger partial charge in [-0.15, -0.1) is 0 Å². The van der Waals surface area contributed by atoms with Gasteiger partial charge in [-0.3, -0.25) is 0 Å². The summed E-state index contributed by atoms with van der Waals surface area (Å²) in [5.41, 5.74) is 1.66. The Labute approximate surface area is 119 Å². The van der Waals surface area contributed by atoms with Crippen LogP contribution in [0.3, 0.4) is 0 Å². The maximum Gasteiger partial charge on any atom is 0.212 e. The molecule has 19 heavy (non-hydrogen) atoms. The van der Waals surface area contributed by atoms with Gasteiger partial charge in [-0.05, 0) is 23.8 Å². The van der Waals surface area contributed by atoms with Crippen molar-refractivity contribution in [2.75, 3.05) is 7.11 Å². The zero-order chi connectivity index (χ0) is 13.7. The number of hydrogen-bond donors (Lipinski definition) is 1. The lowest BCUT2D eigenvalue weighted by Gasteiger charge is -2.07. The fourth-order valence-corrected chi connectivity index (χ4v) is 2.07. The lowest BCUT2D eigenvalue weighted by atomic mass is 10.2. The van der Waals surface area contributed by atoms with E-state index in [0.717, 1.165) is 10.0 Å². The molecule has 0 aliphatic rings. The fourth-order valence-electron chi connectivity index (χ4n) is 1.66. The van der Waals surface area contributed by atoms with Gasteiger partial charge in [-0.25, -0.2) is 9.37 Å². The molecule has 2 aromatic rings. The normalized spacial score (nSPS) is 10.5. The summed E-state index contributed by atoms with van der Waals surface area (Å²) < 4.78 is 19.4. The molecule has 0 saturated carbocycles. The molecule has 0 fully saturated rings. The molecule has 5 heteroatoms. The van der Waals surface area contributed by atoms with E-state index in [1.165, 1.54) is 6.07 Å². The topological polar surface area (TPSA) is 34.1 Å². The third-order valence-corrected chi connectivity index (χ3v) is 3.15. The standard InChI is InChI=1S/C14H14BrFN2O/c1-19-14-5-2-10(8-18-14)7-17-9-11-6-12(15)3-4-13(11)16/h2-6,8,17H,7,9H2,1H3. The summed E-state index contributed by atoms with van der Waals surface area (Å²) in [4.78, 5) is 4.11. The number of ether oxygens (including phenoxy) is 1. The second kappa shape index (κ2) is 6.63. The van der Waals surface area contributed by atoms with Gasteiger partial charge in [-0.1, -0.05) is 22.0 Å². The molecule has 0 spiro atoms. The number of benzene rings is 1. The number of aromatic nitrogens is 1. The molecule has 0 bridgehead atoms. The second-order valence-corrected chi connectivity index (χ2v) is 4.96. The lowest BCUT2D eigenvalue weighted by molar-refractivity contribution is 0.397. The van der Waals surface area contributed by atoms with Crippen molar-refractivity contribution in [2.24, 2.45) is 0 Å². The summed E-state index contributed by atoms with van der Waals surface area (Å²) in [6, 6.07) is 8.64. The van der Waals surface area contributed by atoms with Crippen molar-refractivity contribution in [3.8, 4) is 5.88 Å². The van der Waals surface area contributed by atoms with Gasteiger partial charge in [0.15, 0.2) is 0 Å². The monoisotopic (exact) mass is 324 g/mol. The van der Waals surface area contributed by atoms with Gasteiger partial charge in [-0.2, -0.15) is 0 Å². The molecule has 0 saturated heterocycles. The minimum Gasteiger partial charge on any atom is -0.481 e. The maximum atomic E-state index is 13.5. The zero-order valence-corrected chi connectivity index (χ0v) is 12.1. The third kappa shape index (κ3) is 4.01. The largest absolute Gasteiger partial charge is 0.481 e. The number of methoxy groups -OCH3 is 1. The van der Waals surface area contributed by atoms with Crippen LogP contribution in [0.15, 0.2) is 41.0 Å². The van der Waals surface area contributed by atoms with Crippen LogP contribution in [0.25, 0.3) is 0 Å². The Hall–Kier alpha value is -1.46. The van der Waals surface area contributed by atoms with Crippen LogP contribution in [0.1, 0.15) is 11.1 Å². The van der Waals surface area contributed by atoms with E-state index in [9.17, 15) is 4.39 Å². The molecule has 0 unspecified atom stereocenters. The Balaban J connectivity index is 1.90. The van der Waals surface area contributed by atoms with E-state index in [1.54, 1.807) is 31.5 Å². The molecule has 0 amide bonds. The lowest BCUT2D eigenvalue weighted by Crippen LogP contribution is -2.13. The highest BCUT2D eigenvalue weighted by Gasteiger charge is 2.02. The molecule has 3 nitrogen and oxygen atoms in total. The summed E-state index contributed by atoms with van der Waals surface area (Å²) in [6.07, 6.45) is 1.74. The summed E-state index contributed by atoms with van der Waals surface area (Å²) in [5, 5.41) is 3.18. The first-order valence-electron chi connectivity index (χ1n) is 5.82. The van der Waals surface area contributed by atoms with E-state index >= 15 is 0 Å². The number of nitrogens with one attached hydrogen (secondary N) is 1. The highest BCUT2D eigenvalue weighted by atomic mass is 79.9. The Bertz CT molecular complexity index is 546. The Morgan fingerprint density at radius 2 is 2.11 bits per heavy atom. The number of pyridine rings is 1. The van der Waals surface area contributed by atoms with Gasteiger partial charge in [0.2, 0.25) is 5.88 Å². The first kappa shape index (κ1) is 14.0. The van der Waals surface area contributed by atoms with Crippen molar-refractivity contribution in [2.45, 2.75) is 13.1 Å². The van der Waals surface area contributed by atoms with Crippen LogP contribution in [0, 0.1) is 5.82 Å². The van der Waals surface area contributed by atoms with Crippen LogP contribution in [-0.4, -0.2) is 12.1 Å². The SMILES string of the molecule is COc1ccc(CNCc2cc(Br)ccc2F)cn1. The van der Waals surface area contributed by atoms with Crippen molar-refractivity contribution in [1.29, 1.82) is 0 Å². The van der Waals surface area contributed by atoms with Crippen LogP contribution in [0.5, 0.6) is 5.88 Å². The van der Waals surface area contributed by atoms with Gasteiger partial charge in [0.25, 0.3) is 0 Å². The third-order valence-electron chi connectivity index (χ3n) is 2.66. The number of rotatable bonds is 5. The van der Waals surface area contributed by atoms with E-state index in [1.807, 2.05) is 6.07 Å². The van der Waals surface area contributed by atoms with Crippen molar-refractivity contribution in [3.05, 3.63) is 57.9 Å². The predicted octanol–water partition coefficient (Wildman–Crippen LogP) is 3.28. The Kier molecular flexibility index (Phi) is 4.87. The highest BCUT2D eigenvalue weighted by Crippen LogP contribution is 2.15. The van der Waals surface area contributed by atoms with Gasteiger partial charge in [0, 0.05) is 35.4 Å². The van der Waals surface area contributed by atoms with Crippen LogP contribution in [0.2, 0.25) is 0 Å². The first-order valence-corrected chi connectivity index (χ1v) is 6.62. The molecule has 1 aromatic heterocycles. The van der Waals surface area contributed by atoms with Crippen molar-refractivity contribution in [1.82, 2.24) is 10.3 Å². The Morgan fingerprint density at radius 1 is 1.26 bits per heavy atom. The van der Waals surface area contributed by atoms with Gasteiger partial charge in [0.1, 0.15) is 5.82 Å². The smallest absolute Gasteiger partial charge is 0.212 e. The minimum atomic E-state index is -0.205. The van der Waals surface area contributed by atoms with Crippen molar-refractivity contribution in [3.63, 3.8) is 0 Å². The van der Waals surface area contributed by atoms with Crippen LogP contribution < -0.4 is 10.1 Å². The average Bonchev–Trinajstić information content (AvgIpc) is 2.43. The summed E-state index contributed by atoms with van der Waals surface area (Å²) in [6.45, 7) is 1.10. The van der Waals surface area contributed by atoms with E-state index in [0.29, 0.717) is 24.5 Å². The molecular weight excluding hydrogens is 311 g/mol. The summed E-state index contributed by atoms with van der Waals surface area (Å²) in [5.74, 6) is 0.380. The molecule has 1 aromatic carbocycles. The van der Waals surface area contributed by atoms with E-state index in [2.05, 4.69) is 26.2 Å². The molecule has 0 atom stereocenters. The highest BCUT2D eigenvalue weighted by molar-refractivity contribution is 9.10. The quantitative estimate of drug-likeness (QED) is 0.916. The van der Waals surface area contributed by atoms with Gasteiger partial charge < -0.3 is 10.1 Å². The average molecular weight is 325 g/mol. The van der Waals surface area contributed by atoms with Gasteiger partial charge in [0.05, 0.1) is 7.11 Å². The molecule has 100 valence electrons. The van der Waals surface area contributed by atoms with E-state index in [-0.39, 0.29) is 5.82 Å². The number of nitrogens with zero attached hydrogens (tertiary/aromatic N) is 1. The van der Waals surface area contributed by atoms with Crippen LogP contribution in [0.4, 0.5) is 4.39 Å².